The summed E-state index contributed by atoms with van der Waals surface area (Å²) in [4.78, 5) is 34.7. The predicted molar refractivity (Wildman–Crippen MR) is 89.2 cm³/mol. The normalized spacial score (nSPS) is 16.7. The lowest BCUT2D eigenvalue weighted by atomic mass is 9.87. The van der Waals surface area contributed by atoms with Crippen LogP contribution in [0.15, 0.2) is 18.5 Å². The lowest BCUT2D eigenvalue weighted by Crippen LogP contribution is -2.52. The molecular formula is C17H21N5O3. The Kier molecular flexibility index (Phi) is 4.28. The number of aliphatic carboxylic acids is 1. The summed E-state index contributed by atoms with van der Waals surface area (Å²) in [5.41, 5.74) is 0.885. The van der Waals surface area contributed by atoms with E-state index in [2.05, 4.69) is 15.1 Å². The molecule has 0 unspecified atom stereocenters. The summed E-state index contributed by atoms with van der Waals surface area (Å²) in [7, 11) is 0. The molecule has 1 aliphatic heterocycles. The van der Waals surface area contributed by atoms with E-state index in [1.165, 1.54) is 4.68 Å². The van der Waals surface area contributed by atoms with Gasteiger partial charge in [0.2, 0.25) is 0 Å². The van der Waals surface area contributed by atoms with Crippen LogP contribution in [-0.2, 0) is 10.3 Å². The SMILES string of the molecule is Cc1cnn(C2(C(=O)O)CCN(C(=O)c3cc(C)nc(C)n3)CC2)c1. The largest absolute Gasteiger partial charge is 0.479 e. The molecule has 1 N–H and O–H groups in total. The van der Waals surface area contributed by atoms with Gasteiger partial charge >= 0.3 is 5.97 Å². The number of aromatic nitrogens is 4. The van der Waals surface area contributed by atoms with E-state index in [1.807, 2.05) is 13.8 Å². The second kappa shape index (κ2) is 6.27. The predicted octanol–water partition coefficient (Wildman–Crippen LogP) is 1.31. The van der Waals surface area contributed by atoms with Crippen LogP contribution in [0.3, 0.4) is 0 Å². The fourth-order valence-corrected chi connectivity index (χ4v) is 3.26. The van der Waals surface area contributed by atoms with Crippen LogP contribution in [0.1, 0.15) is 40.4 Å². The van der Waals surface area contributed by atoms with Gasteiger partial charge in [-0.3, -0.25) is 9.48 Å². The molecule has 1 saturated heterocycles. The number of carbonyl (C=O) groups is 2. The molecule has 0 radical (unpaired) electrons. The molecule has 0 aromatic carbocycles. The van der Waals surface area contributed by atoms with Crippen LogP contribution in [0.2, 0.25) is 0 Å². The number of likely N-dealkylation sites (tertiary alicyclic amines) is 1. The zero-order valence-corrected chi connectivity index (χ0v) is 14.6. The number of hydrogen-bond donors (Lipinski definition) is 1. The van der Waals surface area contributed by atoms with E-state index in [9.17, 15) is 14.7 Å². The van der Waals surface area contributed by atoms with Crippen LogP contribution < -0.4 is 0 Å². The van der Waals surface area contributed by atoms with Gasteiger partial charge in [-0.25, -0.2) is 14.8 Å². The molecule has 0 saturated carbocycles. The minimum absolute atomic E-state index is 0.191. The first-order valence-electron chi connectivity index (χ1n) is 8.18. The molecule has 0 atom stereocenters. The highest BCUT2D eigenvalue weighted by molar-refractivity contribution is 5.92. The first-order valence-corrected chi connectivity index (χ1v) is 8.18. The van der Waals surface area contributed by atoms with Crippen LogP contribution in [-0.4, -0.2) is 54.7 Å². The first kappa shape index (κ1) is 17.1. The molecule has 1 amide bonds. The molecule has 1 fully saturated rings. The van der Waals surface area contributed by atoms with E-state index in [1.54, 1.807) is 30.3 Å². The van der Waals surface area contributed by atoms with Crippen molar-refractivity contribution in [1.82, 2.24) is 24.6 Å². The molecule has 3 heterocycles. The molecule has 8 nitrogen and oxygen atoms in total. The van der Waals surface area contributed by atoms with E-state index in [0.29, 0.717) is 37.4 Å². The standard InChI is InChI=1S/C17H21N5O3/c1-11-9-18-22(10-11)17(16(24)25)4-6-21(7-5-17)15(23)14-8-12(2)19-13(3)20-14/h8-10H,4-7H2,1-3H3,(H,24,25). The average Bonchev–Trinajstić information content (AvgIpc) is 3.00. The smallest absolute Gasteiger partial charge is 0.331 e. The fourth-order valence-electron chi connectivity index (χ4n) is 3.26. The molecular weight excluding hydrogens is 322 g/mol. The van der Waals surface area contributed by atoms with Crippen molar-refractivity contribution in [1.29, 1.82) is 0 Å². The van der Waals surface area contributed by atoms with Gasteiger partial charge in [0.25, 0.3) is 5.91 Å². The van der Waals surface area contributed by atoms with Gasteiger partial charge in [-0.2, -0.15) is 5.10 Å². The molecule has 1 aliphatic rings. The van der Waals surface area contributed by atoms with Crippen molar-refractivity contribution in [2.75, 3.05) is 13.1 Å². The highest BCUT2D eigenvalue weighted by Crippen LogP contribution is 2.31. The van der Waals surface area contributed by atoms with Gasteiger partial charge in [-0.05, 0) is 32.4 Å². The molecule has 3 rings (SSSR count). The number of carboxylic acids is 1. The molecule has 0 aliphatic carbocycles. The number of carboxylic acid groups (broad SMARTS) is 1. The minimum atomic E-state index is -1.11. The Labute approximate surface area is 145 Å². The summed E-state index contributed by atoms with van der Waals surface area (Å²) >= 11 is 0. The highest BCUT2D eigenvalue weighted by atomic mass is 16.4. The average molecular weight is 343 g/mol. The van der Waals surface area contributed by atoms with Gasteiger partial charge in [-0.1, -0.05) is 0 Å². The Balaban J connectivity index is 1.80. The molecule has 2 aromatic rings. The Hall–Kier alpha value is -2.77. The Morgan fingerprint density at radius 1 is 1.16 bits per heavy atom. The number of nitrogens with zero attached hydrogens (tertiary/aromatic N) is 5. The lowest BCUT2D eigenvalue weighted by Gasteiger charge is -2.38. The number of piperidine rings is 1. The van der Waals surface area contributed by atoms with Crippen molar-refractivity contribution >= 4 is 11.9 Å². The van der Waals surface area contributed by atoms with Gasteiger partial charge in [0.05, 0.1) is 6.20 Å². The van der Waals surface area contributed by atoms with E-state index < -0.39 is 11.5 Å². The number of aryl methyl sites for hydroxylation is 3. The lowest BCUT2D eigenvalue weighted by molar-refractivity contribution is -0.150. The summed E-state index contributed by atoms with van der Waals surface area (Å²) in [5, 5.41) is 14.0. The number of carbonyl (C=O) groups excluding carboxylic acids is 1. The third-order valence-corrected chi connectivity index (χ3v) is 4.61. The summed E-state index contributed by atoms with van der Waals surface area (Å²) < 4.78 is 1.52. The highest BCUT2D eigenvalue weighted by Gasteiger charge is 2.45. The minimum Gasteiger partial charge on any atom is -0.479 e. The summed E-state index contributed by atoms with van der Waals surface area (Å²) in [6.07, 6.45) is 3.99. The third kappa shape index (κ3) is 3.11. The maximum absolute atomic E-state index is 12.7. The van der Waals surface area contributed by atoms with Crippen molar-refractivity contribution in [3.63, 3.8) is 0 Å². The van der Waals surface area contributed by atoms with Crippen molar-refractivity contribution in [3.8, 4) is 0 Å². The van der Waals surface area contributed by atoms with Gasteiger partial charge in [0.1, 0.15) is 11.5 Å². The van der Waals surface area contributed by atoms with Crippen LogP contribution in [0.5, 0.6) is 0 Å². The molecule has 0 spiro atoms. The van der Waals surface area contributed by atoms with Crippen molar-refractivity contribution in [3.05, 3.63) is 41.2 Å². The summed E-state index contributed by atoms with van der Waals surface area (Å²) in [5.74, 6) is -0.562. The Morgan fingerprint density at radius 2 is 1.84 bits per heavy atom. The van der Waals surface area contributed by atoms with Crippen LogP contribution in [0.4, 0.5) is 0 Å². The van der Waals surface area contributed by atoms with Crippen LogP contribution in [0.25, 0.3) is 0 Å². The monoisotopic (exact) mass is 343 g/mol. The maximum Gasteiger partial charge on any atom is 0.331 e. The third-order valence-electron chi connectivity index (χ3n) is 4.61. The molecule has 132 valence electrons. The quantitative estimate of drug-likeness (QED) is 0.902. The van der Waals surface area contributed by atoms with E-state index >= 15 is 0 Å². The van der Waals surface area contributed by atoms with Crippen molar-refractivity contribution in [2.45, 2.75) is 39.2 Å². The molecule has 8 heteroatoms. The van der Waals surface area contributed by atoms with E-state index in [-0.39, 0.29) is 5.91 Å². The van der Waals surface area contributed by atoms with E-state index in [0.717, 1.165) is 11.3 Å². The van der Waals surface area contributed by atoms with Crippen molar-refractivity contribution in [2.24, 2.45) is 0 Å². The van der Waals surface area contributed by atoms with Gasteiger partial charge in [-0.15, -0.1) is 0 Å². The molecule has 0 bridgehead atoms. The Bertz CT molecular complexity index is 801. The second-order valence-electron chi connectivity index (χ2n) is 6.53. The van der Waals surface area contributed by atoms with Gasteiger partial charge in [0.15, 0.2) is 5.54 Å². The molecule has 25 heavy (non-hydrogen) atoms. The second-order valence-corrected chi connectivity index (χ2v) is 6.53. The number of hydrogen-bond acceptors (Lipinski definition) is 5. The van der Waals surface area contributed by atoms with Gasteiger partial charge < -0.3 is 10.0 Å². The van der Waals surface area contributed by atoms with Crippen molar-refractivity contribution < 1.29 is 14.7 Å². The fraction of sp³-hybridized carbons (Fsp3) is 0.471. The van der Waals surface area contributed by atoms with Crippen LogP contribution in [0, 0.1) is 20.8 Å². The Morgan fingerprint density at radius 3 is 2.36 bits per heavy atom. The molecule has 2 aromatic heterocycles. The van der Waals surface area contributed by atoms with Gasteiger partial charge in [0, 0.05) is 37.8 Å². The number of amides is 1. The summed E-state index contributed by atoms with van der Waals surface area (Å²) in [6, 6.07) is 1.66. The first-order chi connectivity index (χ1) is 11.8. The summed E-state index contributed by atoms with van der Waals surface area (Å²) in [6.45, 7) is 6.11. The number of rotatable bonds is 3. The zero-order valence-electron chi connectivity index (χ0n) is 14.6. The maximum atomic E-state index is 12.7. The van der Waals surface area contributed by atoms with Crippen LogP contribution >= 0.6 is 0 Å². The topological polar surface area (TPSA) is 101 Å². The van der Waals surface area contributed by atoms with E-state index in [4.69, 9.17) is 0 Å². The zero-order chi connectivity index (χ0) is 18.2.